The van der Waals surface area contributed by atoms with Crippen LogP contribution in [-0.2, 0) is 4.79 Å². The van der Waals surface area contributed by atoms with Crippen molar-refractivity contribution in [1.29, 1.82) is 0 Å². The van der Waals surface area contributed by atoms with Gasteiger partial charge in [0.2, 0.25) is 0 Å². The third kappa shape index (κ3) is 1.30. The highest BCUT2D eigenvalue weighted by Crippen LogP contribution is 2.51. The fourth-order valence-corrected chi connectivity index (χ4v) is 2.55. The lowest BCUT2D eigenvalue weighted by atomic mass is 9.68. The van der Waals surface area contributed by atoms with E-state index in [-0.39, 0.29) is 0 Å². The maximum absolute atomic E-state index is 10.5. The normalized spacial score (nSPS) is 33.9. The van der Waals surface area contributed by atoms with Gasteiger partial charge in [-0.2, -0.15) is 0 Å². The van der Waals surface area contributed by atoms with Crippen molar-refractivity contribution in [3.05, 3.63) is 23.3 Å². The Morgan fingerprint density at radius 2 is 2.54 bits per heavy atom. The molecule has 0 amide bonds. The minimum absolute atomic E-state index is 0.487. The number of hydrogen-bond donors (Lipinski definition) is 1. The summed E-state index contributed by atoms with van der Waals surface area (Å²) in [5.41, 5.74) is 2.58. The first-order valence-electron chi connectivity index (χ1n) is 4.84. The van der Waals surface area contributed by atoms with E-state index < -0.39 is 5.97 Å². The average molecular weight is 178 g/mol. The van der Waals surface area contributed by atoms with E-state index in [0.29, 0.717) is 5.92 Å². The topological polar surface area (TPSA) is 37.3 Å². The summed E-state index contributed by atoms with van der Waals surface area (Å²) in [5, 5.41) is 8.63. The zero-order valence-corrected chi connectivity index (χ0v) is 7.79. The molecule has 0 radical (unpaired) electrons. The predicted octanol–water partition coefficient (Wildman–Crippen LogP) is 2.37. The first-order chi connectivity index (χ1) is 6.22. The third-order valence-electron chi connectivity index (χ3n) is 3.17. The number of carboxylic acid groups (broad SMARTS) is 1. The predicted molar refractivity (Wildman–Crippen MR) is 50.3 cm³/mol. The zero-order valence-electron chi connectivity index (χ0n) is 7.79. The maximum Gasteiger partial charge on any atom is 0.328 e. The fourth-order valence-electron chi connectivity index (χ4n) is 2.55. The van der Waals surface area contributed by atoms with E-state index in [2.05, 4.69) is 13.0 Å². The first kappa shape index (κ1) is 8.54. The number of carbonyl (C=O) groups is 1. The van der Waals surface area contributed by atoms with Gasteiger partial charge in [-0.3, -0.25) is 0 Å². The van der Waals surface area contributed by atoms with Crippen LogP contribution in [-0.4, -0.2) is 11.1 Å². The number of carboxylic acids is 1. The minimum atomic E-state index is -0.796. The van der Waals surface area contributed by atoms with Crippen LogP contribution in [0.15, 0.2) is 23.3 Å². The van der Waals surface area contributed by atoms with E-state index in [1.807, 2.05) is 0 Å². The molecule has 0 bridgehead atoms. The largest absolute Gasteiger partial charge is 0.478 e. The van der Waals surface area contributed by atoms with Crippen LogP contribution < -0.4 is 0 Å². The van der Waals surface area contributed by atoms with Crippen molar-refractivity contribution in [2.24, 2.45) is 11.8 Å². The molecule has 0 aromatic heterocycles. The molecule has 2 atom stereocenters. The van der Waals surface area contributed by atoms with Gasteiger partial charge in [0.05, 0.1) is 0 Å². The lowest BCUT2D eigenvalue weighted by Gasteiger charge is -2.36. The number of aliphatic carboxylic acids is 1. The molecule has 0 aliphatic heterocycles. The molecule has 2 aliphatic rings. The molecule has 13 heavy (non-hydrogen) atoms. The average Bonchev–Trinajstić information content (AvgIpc) is 2.37. The molecule has 0 spiro atoms. The third-order valence-corrected chi connectivity index (χ3v) is 3.17. The van der Waals surface area contributed by atoms with E-state index in [4.69, 9.17) is 5.11 Å². The second-order valence-electron chi connectivity index (χ2n) is 3.87. The highest BCUT2D eigenvalue weighted by molar-refractivity contribution is 5.81. The maximum atomic E-state index is 10.5. The standard InChI is InChI=1S/C11H14O2/c1-2-7-3-4-8-5-9(11(7)8)6-10(12)13/h3,6,8,11H,2,4-5H2,1H3,(H,12,13)/b9-6-/t8-,11-/m0/s1. The smallest absolute Gasteiger partial charge is 0.328 e. The molecule has 0 heterocycles. The van der Waals surface area contributed by atoms with Gasteiger partial charge in [0, 0.05) is 12.0 Å². The van der Waals surface area contributed by atoms with Gasteiger partial charge in [-0.15, -0.1) is 0 Å². The van der Waals surface area contributed by atoms with Crippen molar-refractivity contribution in [3.8, 4) is 0 Å². The van der Waals surface area contributed by atoms with Crippen LogP contribution in [0.5, 0.6) is 0 Å². The number of allylic oxidation sites excluding steroid dienone is 3. The summed E-state index contributed by atoms with van der Waals surface area (Å²) in [6.45, 7) is 2.14. The fraction of sp³-hybridized carbons (Fsp3) is 0.545. The monoisotopic (exact) mass is 178 g/mol. The highest BCUT2D eigenvalue weighted by Gasteiger charge is 2.40. The lowest BCUT2D eigenvalue weighted by molar-refractivity contribution is -0.131. The van der Waals surface area contributed by atoms with E-state index >= 15 is 0 Å². The summed E-state index contributed by atoms with van der Waals surface area (Å²) in [4.78, 5) is 10.5. The highest BCUT2D eigenvalue weighted by atomic mass is 16.4. The molecule has 2 rings (SSSR count). The van der Waals surface area contributed by atoms with Crippen LogP contribution in [0.25, 0.3) is 0 Å². The summed E-state index contributed by atoms with van der Waals surface area (Å²) in [6, 6.07) is 0. The molecule has 1 fully saturated rings. The Morgan fingerprint density at radius 1 is 1.77 bits per heavy atom. The van der Waals surface area contributed by atoms with E-state index in [1.165, 1.54) is 11.6 Å². The van der Waals surface area contributed by atoms with E-state index in [1.54, 1.807) is 0 Å². The molecular weight excluding hydrogens is 164 g/mol. The van der Waals surface area contributed by atoms with Gasteiger partial charge in [0.25, 0.3) is 0 Å². The van der Waals surface area contributed by atoms with Crippen molar-refractivity contribution in [2.45, 2.75) is 26.2 Å². The van der Waals surface area contributed by atoms with Crippen LogP contribution in [0, 0.1) is 11.8 Å². The first-order valence-corrected chi connectivity index (χ1v) is 4.84. The summed E-state index contributed by atoms with van der Waals surface area (Å²) < 4.78 is 0. The van der Waals surface area contributed by atoms with Crippen molar-refractivity contribution in [2.75, 3.05) is 0 Å². The van der Waals surface area contributed by atoms with E-state index in [9.17, 15) is 4.79 Å². The van der Waals surface area contributed by atoms with Gasteiger partial charge in [-0.25, -0.2) is 4.79 Å². The van der Waals surface area contributed by atoms with Crippen LogP contribution in [0.4, 0.5) is 0 Å². The van der Waals surface area contributed by atoms with Gasteiger partial charge in [0.15, 0.2) is 0 Å². The molecule has 2 nitrogen and oxygen atoms in total. The Hall–Kier alpha value is -1.05. The van der Waals surface area contributed by atoms with Gasteiger partial charge < -0.3 is 5.11 Å². The molecule has 1 N–H and O–H groups in total. The number of rotatable bonds is 2. The Labute approximate surface area is 78.0 Å². The van der Waals surface area contributed by atoms with Crippen molar-refractivity contribution in [1.82, 2.24) is 0 Å². The minimum Gasteiger partial charge on any atom is -0.478 e. The van der Waals surface area contributed by atoms with E-state index in [0.717, 1.165) is 30.8 Å². The Kier molecular flexibility index (Phi) is 1.98. The zero-order chi connectivity index (χ0) is 9.42. The lowest BCUT2D eigenvalue weighted by Crippen LogP contribution is -2.27. The molecule has 0 unspecified atom stereocenters. The summed E-state index contributed by atoms with van der Waals surface area (Å²) in [6.07, 6.45) is 6.91. The Bertz CT molecular complexity index is 299. The van der Waals surface area contributed by atoms with Crippen molar-refractivity contribution >= 4 is 5.97 Å². The number of hydrogen-bond acceptors (Lipinski definition) is 1. The SMILES string of the molecule is CCC1=CC[C@H]2C/C(=C/C(=O)O)[C@@H]12. The Morgan fingerprint density at radius 3 is 3.15 bits per heavy atom. The second kappa shape index (κ2) is 3.02. The van der Waals surface area contributed by atoms with Crippen LogP contribution >= 0.6 is 0 Å². The van der Waals surface area contributed by atoms with Crippen LogP contribution in [0.1, 0.15) is 26.2 Å². The van der Waals surface area contributed by atoms with Crippen molar-refractivity contribution < 1.29 is 9.90 Å². The second-order valence-corrected chi connectivity index (χ2v) is 3.87. The van der Waals surface area contributed by atoms with Gasteiger partial charge in [-0.1, -0.05) is 24.1 Å². The van der Waals surface area contributed by atoms with Crippen LogP contribution in [0.3, 0.4) is 0 Å². The molecule has 70 valence electrons. The molecule has 0 aromatic rings. The molecule has 2 aliphatic carbocycles. The van der Waals surface area contributed by atoms with Crippen LogP contribution in [0.2, 0.25) is 0 Å². The summed E-state index contributed by atoms with van der Waals surface area (Å²) in [7, 11) is 0. The molecule has 1 saturated carbocycles. The quantitative estimate of drug-likeness (QED) is 0.520. The molecule has 0 saturated heterocycles. The Balaban J connectivity index is 2.14. The van der Waals surface area contributed by atoms with Crippen molar-refractivity contribution in [3.63, 3.8) is 0 Å². The molecule has 0 aromatic carbocycles. The summed E-state index contributed by atoms with van der Waals surface area (Å²) in [5.74, 6) is 0.414. The van der Waals surface area contributed by atoms with Gasteiger partial charge >= 0.3 is 5.97 Å². The number of fused-ring (bicyclic) bond motifs is 1. The van der Waals surface area contributed by atoms with Gasteiger partial charge in [-0.05, 0) is 25.2 Å². The van der Waals surface area contributed by atoms with Gasteiger partial charge in [0.1, 0.15) is 0 Å². The summed E-state index contributed by atoms with van der Waals surface area (Å²) >= 11 is 0. The molecular formula is C11H14O2. The molecule has 2 heteroatoms.